The number of rotatable bonds is 2. The number of hydrogen-bond donors (Lipinski definition) is 5. The molecule has 2 aliphatic carbocycles. The Bertz CT molecular complexity index is 646. The van der Waals surface area contributed by atoms with Gasteiger partial charge in [-0.1, -0.05) is 33.3 Å². The maximum Gasteiger partial charge on any atom is 0.198 e. The van der Waals surface area contributed by atoms with E-state index in [-0.39, 0.29) is 18.4 Å². The molecule has 3 fully saturated rings. The van der Waals surface area contributed by atoms with Crippen molar-refractivity contribution in [2.24, 2.45) is 28.6 Å². The second-order valence-corrected chi connectivity index (χ2v) is 9.68. The topological polar surface area (TPSA) is 110 Å². The van der Waals surface area contributed by atoms with E-state index in [1.54, 1.807) is 0 Å². The Kier molecular flexibility index (Phi) is 4.00. The van der Waals surface area contributed by atoms with Gasteiger partial charge in [-0.3, -0.25) is 0 Å². The maximum absolute atomic E-state index is 11.4. The highest BCUT2D eigenvalue weighted by Gasteiger charge is 2.72. The largest absolute Gasteiger partial charge is 0.396 e. The molecule has 2 heterocycles. The molecule has 5 N–H and O–H groups in total. The average molecular weight is 368 g/mol. The van der Waals surface area contributed by atoms with Crippen molar-refractivity contribution in [2.45, 2.75) is 77.2 Å². The smallest absolute Gasteiger partial charge is 0.198 e. The number of hydrogen-bond acceptors (Lipinski definition) is 6. The van der Waals surface area contributed by atoms with Crippen LogP contribution in [0.25, 0.3) is 0 Å². The number of ether oxygens (including phenoxy) is 1. The normalized spacial score (nSPS) is 56.1. The first kappa shape index (κ1) is 18.8. The van der Waals surface area contributed by atoms with Crippen molar-refractivity contribution in [2.75, 3.05) is 6.61 Å². The molecule has 26 heavy (non-hydrogen) atoms. The van der Waals surface area contributed by atoms with Crippen molar-refractivity contribution >= 4 is 0 Å². The molecule has 1 saturated carbocycles. The fourth-order valence-corrected chi connectivity index (χ4v) is 6.55. The van der Waals surface area contributed by atoms with Crippen molar-refractivity contribution in [3.8, 4) is 0 Å². The Labute approximate surface area is 154 Å². The summed E-state index contributed by atoms with van der Waals surface area (Å²) in [6, 6.07) is 0. The third-order valence-corrected chi connectivity index (χ3v) is 8.21. The predicted octanol–water partition coefficient (Wildman–Crippen LogP) is 0.558. The molecular weight excluding hydrogens is 336 g/mol. The van der Waals surface area contributed by atoms with Crippen LogP contribution in [0.15, 0.2) is 11.1 Å². The second-order valence-electron chi connectivity index (χ2n) is 9.68. The van der Waals surface area contributed by atoms with Crippen LogP contribution < -0.4 is 0 Å². The van der Waals surface area contributed by atoms with Gasteiger partial charge in [0.25, 0.3) is 0 Å². The first-order valence-electron chi connectivity index (χ1n) is 9.82. The minimum absolute atomic E-state index is 0.0764. The molecular formula is C20H32O6. The first-order valence-corrected chi connectivity index (χ1v) is 9.82. The summed E-state index contributed by atoms with van der Waals surface area (Å²) in [5.41, 5.74) is 0.649. The SMILES string of the molecule is CC(C)C1=C2[C@H]3C[C@H]4O[C@](O)([C@H](O)[C@H]4CO)[C@]3(C)CC[C@@]2(C)[C@@H](O)[C@H]1O. The highest BCUT2D eigenvalue weighted by atomic mass is 16.7. The van der Waals surface area contributed by atoms with Gasteiger partial charge in [-0.25, -0.2) is 0 Å². The van der Waals surface area contributed by atoms with Crippen molar-refractivity contribution in [3.05, 3.63) is 11.1 Å². The monoisotopic (exact) mass is 368 g/mol. The molecule has 2 aliphatic heterocycles. The third-order valence-electron chi connectivity index (χ3n) is 8.21. The molecule has 0 aromatic rings. The Morgan fingerprint density at radius 3 is 2.35 bits per heavy atom. The van der Waals surface area contributed by atoms with Crippen molar-refractivity contribution in [3.63, 3.8) is 0 Å². The predicted molar refractivity (Wildman–Crippen MR) is 93.8 cm³/mol. The molecule has 148 valence electrons. The van der Waals surface area contributed by atoms with Crippen LogP contribution in [0.3, 0.4) is 0 Å². The molecule has 0 amide bonds. The van der Waals surface area contributed by atoms with Crippen LogP contribution in [0.4, 0.5) is 0 Å². The van der Waals surface area contributed by atoms with E-state index in [0.29, 0.717) is 19.3 Å². The zero-order valence-corrected chi connectivity index (χ0v) is 16.0. The van der Waals surface area contributed by atoms with Gasteiger partial charge in [0.05, 0.1) is 18.8 Å². The van der Waals surface area contributed by atoms with Crippen molar-refractivity contribution in [1.82, 2.24) is 0 Å². The molecule has 0 radical (unpaired) electrons. The Hall–Kier alpha value is -0.500. The van der Waals surface area contributed by atoms with Gasteiger partial charge in [0, 0.05) is 16.7 Å². The van der Waals surface area contributed by atoms with Gasteiger partial charge in [0.15, 0.2) is 5.79 Å². The van der Waals surface area contributed by atoms with Gasteiger partial charge < -0.3 is 30.3 Å². The first-order chi connectivity index (χ1) is 12.0. The minimum Gasteiger partial charge on any atom is -0.396 e. The molecule has 4 rings (SSSR count). The molecule has 0 aromatic heterocycles. The fourth-order valence-electron chi connectivity index (χ4n) is 6.55. The van der Waals surface area contributed by atoms with Crippen LogP contribution in [-0.2, 0) is 4.74 Å². The molecule has 0 unspecified atom stereocenters. The number of aliphatic hydroxyl groups excluding tert-OH is 4. The summed E-state index contributed by atoms with van der Waals surface area (Å²) >= 11 is 0. The summed E-state index contributed by atoms with van der Waals surface area (Å²) < 4.78 is 5.90. The third kappa shape index (κ3) is 1.93. The van der Waals surface area contributed by atoms with Crippen LogP contribution >= 0.6 is 0 Å². The molecule has 0 spiro atoms. The molecule has 9 atom stereocenters. The average Bonchev–Trinajstić information content (AvgIpc) is 2.92. The standard InChI is InChI=1S/C20H32O6/c1-9(2)13-14-11-7-12-10(8-21)16(23)20(25,26-12)19(11,4)6-5-18(14,3)17(24)15(13)22/h9-12,15-17,21-25H,5-8H2,1-4H3/t10-,11+,12+,15-,16+,17-,18+,19+,20+/m0/s1. The molecule has 6 nitrogen and oxygen atoms in total. The quantitative estimate of drug-likeness (QED) is 0.456. The Balaban J connectivity index is 1.89. The number of aliphatic hydroxyl groups is 5. The van der Waals surface area contributed by atoms with Crippen LogP contribution in [0.1, 0.15) is 47.0 Å². The van der Waals surface area contributed by atoms with E-state index in [0.717, 1.165) is 11.1 Å². The summed E-state index contributed by atoms with van der Waals surface area (Å²) in [5, 5.41) is 53.5. The molecule has 0 aromatic carbocycles. The second kappa shape index (κ2) is 5.52. The molecule has 6 heteroatoms. The highest BCUT2D eigenvalue weighted by Crippen LogP contribution is 2.68. The van der Waals surface area contributed by atoms with E-state index in [1.807, 2.05) is 27.7 Å². The lowest BCUT2D eigenvalue weighted by Gasteiger charge is -2.58. The van der Waals surface area contributed by atoms with E-state index in [2.05, 4.69) is 0 Å². The summed E-state index contributed by atoms with van der Waals surface area (Å²) in [6.45, 7) is 7.74. The van der Waals surface area contributed by atoms with Gasteiger partial charge in [-0.15, -0.1) is 0 Å². The summed E-state index contributed by atoms with van der Waals surface area (Å²) in [7, 11) is 0. The van der Waals surface area contributed by atoms with E-state index in [9.17, 15) is 25.5 Å². The van der Waals surface area contributed by atoms with Gasteiger partial charge in [0.2, 0.25) is 0 Å². The lowest BCUT2D eigenvalue weighted by atomic mass is 9.52. The Morgan fingerprint density at radius 1 is 1.12 bits per heavy atom. The van der Waals surface area contributed by atoms with Crippen LogP contribution in [0.5, 0.6) is 0 Å². The van der Waals surface area contributed by atoms with E-state index >= 15 is 0 Å². The van der Waals surface area contributed by atoms with Crippen LogP contribution in [-0.4, -0.2) is 62.3 Å². The lowest BCUT2D eigenvalue weighted by Crippen LogP contribution is -2.62. The van der Waals surface area contributed by atoms with Gasteiger partial charge >= 0.3 is 0 Å². The summed E-state index contributed by atoms with van der Waals surface area (Å²) in [4.78, 5) is 0. The van der Waals surface area contributed by atoms with Crippen LogP contribution in [0, 0.1) is 28.6 Å². The zero-order valence-electron chi connectivity index (χ0n) is 16.0. The molecule has 2 saturated heterocycles. The zero-order chi connectivity index (χ0) is 19.2. The lowest BCUT2D eigenvalue weighted by molar-refractivity contribution is -0.328. The van der Waals surface area contributed by atoms with Crippen LogP contribution in [0.2, 0.25) is 0 Å². The van der Waals surface area contributed by atoms with Gasteiger partial charge in [-0.2, -0.15) is 0 Å². The Morgan fingerprint density at radius 2 is 1.77 bits per heavy atom. The molecule has 2 bridgehead atoms. The minimum atomic E-state index is -1.72. The van der Waals surface area contributed by atoms with Gasteiger partial charge in [0.1, 0.15) is 12.2 Å². The van der Waals surface area contributed by atoms with E-state index in [4.69, 9.17) is 4.74 Å². The van der Waals surface area contributed by atoms with Gasteiger partial charge in [-0.05, 0) is 36.7 Å². The van der Waals surface area contributed by atoms with E-state index in [1.165, 1.54) is 0 Å². The van der Waals surface area contributed by atoms with Crippen molar-refractivity contribution in [1.29, 1.82) is 0 Å². The maximum atomic E-state index is 11.4. The van der Waals surface area contributed by atoms with Crippen molar-refractivity contribution < 1.29 is 30.3 Å². The molecule has 4 aliphatic rings. The number of fused-ring (bicyclic) bond motifs is 6. The summed E-state index contributed by atoms with van der Waals surface area (Å²) in [5.74, 6) is -2.27. The summed E-state index contributed by atoms with van der Waals surface area (Å²) in [6.07, 6.45) is -1.57. The highest BCUT2D eigenvalue weighted by molar-refractivity contribution is 5.42. The van der Waals surface area contributed by atoms with E-state index < -0.39 is 47.0 Å². The fraction of sp³-hybridized carbons (Fsp3) is 0.900.